The summed E-state index contributed by atoms with van der Waals surface area (Å²) < 4.78 is 16.7. The monoisotopic (exact) mass is 887 g/mol. The summed E-state index contributed by atoms with van der Waals surface area (Å²) >= 11 is 0. The van der Waals surface area contributed by atoms with Gasteiger partial charge in [-0.1, -0.05) is 239 Å². The van der Waals surface area contributed by atoms with E-state index in [9.17, 15) is 14.4 Å². The minimum Gasteiger partial charge on any atom is -0.462 e. The summed E-state index contributed by atoms with van der Waals surface area (Å²) in [6, 6.07) is 0. The van der Waals surface area contributed by atoms with E-state index in [-0.39, 0.29) is 31.1 Å². The summed E-state index contributed by atoms with van der Waals surface area (Å²) in [7, 11) is 0. The molecule has 0 amide bonds. The SMILES string of the molecule is CC\C=C/C=C\C=C/C=C\C=C\C=C/C=C\CCCCCC(=O)OCC(COC(=O)CCCCCCCCCCCC)OC(=O)CCCCCCCCC/C=C\C/C=C\CCCCC. The van der Waals surface area contributed by atoms with Crippen molar-refractivity contribution < 1.29 is 28.6 Å². The molecule has 0 aliphatic rings. The Kier molecular flexibility index (Phi) is 48.5. The lowest BCUT2D eigenvalue weighted by Gasteiger charge is -2.18. The van der Waals surface area contributed by atoms with Crippen LogP contribution in [0.25, 0.3) is 0 Å². The predicted molar refractivity (Wildman–Crippen MR) is 274 cm³/mol. The zero-order valence-electron chi connectivity index (χ0n) is 41.3. The number of carbonyl (C=O) groups is 3. The summed E-state index contributed by atoms with van der Waals surface area (Å²) in [5.41, 5.74) is 0. The van der Waals surface area contributed by atoms with E-state index in [4.69, 9.17) is 14.2 Å². The fourth-order valence-corrected chi connectivity index (χ4v) is 6.81. The molecule has 0 heterocycles. The second kappa shape index (κ2) is 51.7. The van der Waals surface area contributed by atoms with E-state index in [2.05, 4.69) is 57.2 Å². The van der Waals surface area contributed by atoms with Gasteiger partial charge in [0.1, 0.15) is 13.2 Å². The zero-order valence-corrected chi connectivity index (χ0v) is 41.3. The lowest BCUT2D eigenvalue weighted by atomic mass is 10.1. The molecule has 0 aliphatic heterocycles. The third-order valence-electron chi connectivity index (χ3n) is 10.7. The molecule has 0 bridgehead atoms. The summed E-state index contributed by atoms with van der Waals surface area (Å²) in [6.07, 6.45) is 69.2. The normalized spacial score (nSPS) is 13.0. The summed E-state index contributed by atoms with van der Waals surface area (Å²) in [4.78, 5) is 38.0. The molecule has 6 nitrogen and oxygen atoms in total. The van der Waals surface area contributed by atoms with Crippen LogP contribution in [0.4, 0.5) is 0 Å². The molecule has 0 aromatic heterocycles. The standard InChI is InChI=1S/C58H94O6/c1-4-7-10-13-16-19-22-24-26-28-29-31-32-34-36-39-42-45-48-51-57(60)63-54-55(53-62-56(59)50-47-44-41-38-21-18-15-12-9-6-3)64-58(61)52-49-46-43-40-37-35-33-30-27-25-23-20-17-14-11-8-5-2/h7,10,13,16-17,19-20,22,24-29,31-32,34,36,55H,4-6,8-9,11-12,14-15,18,21,23,30,33,35,37-54H2,1-3H3/b10-7-,16-13-,20-17-,22-19-,26-24-,27-25-,29-28+,32-31-,36-34-. The van der Waals surface area contributed by atoms with Crippen molar-refractivity contribution in [1.29, 1.82) is 0 Å². The van der Waals surface area contributed by atoms with E-state index in [1.54, 1.807) is 0 Å². The van der Waals surface area contributed by atoms with E-state index >= 15 is 0 Å². The highest BCUT2D eigenvalue weighted by Gasteiger charge is 2.19. The van der Waals surface area contributed by atoms with E-state index in [1.807, 2.05) is 72.9 Å². The van der Waals surface area contributed by atoms with Gasteiger partial charge in [-0.25, -0.2) is 0 Å². The Morgan fingerprint density at radius 2 is 0.672 bits per heavy atom. The van der Waals surface area contributed by atoms with Gasteiger partial charge in [-0.3, -0.25) is 14.4 Å². The molecule has 64 heavy (non-hydrogen) atoms. The Balaban J connectivity index is 4.48. The molecule has 0 aromatic carbocycles. The molecule has 0 rings (SSSR count). The number of hydrogen-bond acceptors (Lipinski definition) is 6. The van der Waals surface area contributed by atoms with Gasteiger partial charge in [0.15, 0.2) is 6.10 Å². The van der Waals surface area contributed by atoms with Crippen molar-refractivity contribution in [3.05, 3.63) is 109 Å². The first-order valence-electron chi connectivity index (χ1n) is 26.0. The van der Waals surface area contributed by atoms with Crippen LogP contribution in [0.1, 0.15) is 220 Å². The molecule has 362 valence electrons. The fourth-order valence-electron chi connectivity index (χ4n) is 6.81. The van der Waals surface area contributed by atoms with Crippen molar-refractivity contribution in [2.24, 2.45) is 0 Å². The maximum absolute atomic E-state index is 12.8. The van der Waals surface area contributed by atoms with Crippen LogP contribution in [0.3, 0.4) is 0 Å². The number of carbonyl (C=O) groups excluding carboxylic acids is 3. The molecule has 6 heteroatoms. The van der Waals surface area contributed by atoms with Crippen LogP contribution in [0.2, 0.25) is 0 Å². The summed E-state index contributed by atoms with van der Waals surface area (Å²) in [5, 5.41) is 0. The molecule has 0 saturated carbocycles. The van der Waals surface area contributed by atoms with Crippen LogP contribution in [-0.4, -0.2) is 37.2 Å². The molecule has 0 radical (unpaired) electrons. The Labute approximate surface area is 393 Å². The highest BCUT2D eigenvalue weighted by atomic mass is 16.6. The third-order valence-corrected chi connectivity index (χ3v) is 10.7. The number of rotatable bonds is 45. The quantitative estimate of drug-likeness (QED) is 0.0199. The topological polar surface area (TPSA) is 78.9 Å². The van der Waals surface area contributed by atoms with E-state index < -0.39 is 6.10 Å². The lowest BCUT2D eigenvalue weighted by Crippen LogP contribution is -2.30. The highest BCUT2D eigenvalue weighted by Crippen LogP contribution is 2.14. The molecule has 0 aromatic rings. The van der Waals surface area contributed by atoms with Crippen LogP contribution in [0, 0.1) is 0 Å². The van der Waals surface area contributed by atoms with Crippen molar-refractivity contribution >= 4 is 17.9 Å². The van der Waals surface area contributed by atoms with E-state index in [1.165, 1.54) is 96.3 Å². The van der Waals surface area contributed by atoms with Crippen LogP contribution < -0.4 is 0 Å². The Morgan fingerprint density at radius 1 is 0.344 bits per heavy atom. The molecule has 0 spiro atoms. The second-order valence-electron chi connectivity index (χ2n) is 16.9. The smallest absolute Gasteiger partial charge is 0.306 e. The summed E-state index contributed by atoms with van der Waals surface area (Å²) in [5.74, 6) is -0.957. The van der Waals surface area contributed by atoms with Gasteiger partial charge in [-0.05, 0) is 70.6 Å². The minimum absolute atomic E-state index is 0.0968. The molecule has 1 unspecified atom stereocenters. The number of hydrogen-bond donors (Lipinski definition) is 0. The molecule has 0 saturated heterocycles. The number of ether oxygens (including phenoxy) is 3. The molecular weight excluding hydrogens is 793 g/mol. The molecule has 0 N–H and O–H groups in total. The average molecular weight is 887 g/mol. The first-order chi connectivity index (χ1) is 31.5. The van der Waals surface area contributed by atoms with Crippen LogP contribution >= 0.6 is 0 Å². The average Bonchev–Trinajstić information content (AvgIpc) is 3.29. The van der Waals surface area contributed by atoms with Crippen molar-refractivity contribution in [2.75, 3.05) is 13.2 Å². The van der Waals surface area contributed by atoms with Gasteiger partial charge in [-0.15, -0.1) is 0 Å². The van der Waals surface area contributed by atoms with Gasteiger partial charge in [0.05, 0.1) is 0 Å². The maximum Gasteiger partial charge on any atom is 0.306 e. The van der Waals surface area contributed by atoms with E-state index in [0.717, 1.165) is 83.5 Å². The van der Waals surface area contributed by atoms with E-state index in [0.29, 0.717) is 19.3 Å². The van der Waals surface area contributed by atoms with Crippen LogP contribution in [0.15, 0.2) is 109 Å². The van der Waals surface area contributed by atoms with Gasteiger partial charge in [0, 0.05) is 19.3 Å². The molecule has 0 aliphatic carbocycles. The van der Waals surface area contributed by atoms with Gasteiger partial charge >= 0.3 is 17.9 Å². The van der Waals surface area contributed by atoms with Crippen molar-refractivity contribution in [3.63, 3.8) is 0 Å². The van der Waals surface area contributed by atoms with Crippen molar-refractivity contribution in [3.8, 4) is 0 Å². The molecule has 0 fully saturated rings. The van der Waals surface area contributed by atoms with Crippen LogP contribution in [-0.2, 0) is 28.6 Å². The zero-order chi connectivity index (χ0) is 46.5. The first-order valence-corrected chi connectivity index (χ1v) is 26.0. The first kappa shape index (κ1) is 60.1. The van der Waals surface area contributed by atoms with Crippen LogP contribution in [0.5, 0.6) is 0 Å². The Hall–Kier alpha value is -3.93. The largest absolute Gasteiger partial charge is 0.462 e. The Morgan fingerprint density at radius 3 is 1.12 bits per heavy atom. The van der Waals surface area contributed by atoms with Crippen molar-refractivity contribution in [1.82, 2.24) is 0 Å². The molecular formula is C58H94O6. The van der Waals surface area contributed by atoms with Gasteiger partial charge in [0.25, 0.3) is 0 Å². The number of allylic oxidation sites excluding steroid dienone is 18. The second-order valence-corrected chi connectivity index (χ2v) is 16.9. The lowest BCUT2D eigenvalue weighted by molar-refractivity contribution is -0.167. The highest BCUT2D eigenvalue weighted by molar-refractivity contribution is 5.71. The van der Waals surface area contributed by atoms with Gasteiger partial charge < -0.3 is 14.2 Å². The minimum atomic E-state index is -0.801. The predicted octanol–water partition coefficient (Wildman–Crippen LogP) is 17.1. The summed E-state index contributed by atoms with van der Waals surface area (Å²) in [6.45, 7) is 6.40. The number of esters is 3. The number of unbranched alkanes of at least 4 members (excludes halogenated alkanes) is 22. The fraction of sp³-hybridized carbons (Fsp3) is 0.638. The Bertz CT molecular complexity index is 1340. The van der Waals surface area contributed by atoms with Gasteiger partial charge in [0.2, 0.25) is 0 Å². The maximum atomic E-state index is 12.8. The van der Waals surface area contributed by atoms with Crippen molar-refractivity contribution in [2.45, 2.75) is 226 Å². The van der Waals surface area contributed by atoms with Gasteiger partial charge in [-0.2, -0.15) is 0 Å². The molecule has 1 atom stereocenters. The third kappa shape index (κ3) is 49.1.